The highest BCUT2D eigenvalue weighted by Gasteiger charge is 2.31. The molecule has 0 aliphatic carbocycles. The lowest BCUT2D eigenvalue weighted by Gasteiger charge is -2.27. The average molecular weight is 526 g/mol. The first-order valence-corrected chi connectivity index (χ1v) is 12.3. The fourth-order valence-electron chi connectivity index (χ4n) is 3.66. The summed E-state index contributed by atoms with van der Waals surface area (Å²) in [7, 11) is 0. The average Bonchev–Trinajstić information content (AvgIpc) is 2.90. The fourth-order valence-corrected chi connectivity index (χ4v) is 3.66. The Morgan fingerprint density at radius 2 is 1.26 bits per heavy atom. The van der Waals surface area contributed by atoms with Crippen molar-refractivity contribution in [3.63, 3.8) is 0 Å². The molecule has 0 heterocycles. The van der Waals surface area contributed by atoms with Crippen molar-refractivity contribution in [1.29, 1.82) is 0 Å². The number of aliphatic carboxylic acids is 1. The molecule has 0 aliphatic heterocycles. The van der Waals surface area contributed by atoms with Gasteiger partial charge in [-0.1, -0.05) is 74.5 Å². The van der Waals surface area contributed by atoms with Crippen LogP contribution in [0.3, 0.4) is 0 Å². The number of carbonyl (C=O) groups excluding carboxylic acids is 4. The summed E-state index contributed by atoms with van der Waals surface area (Å²) in [6.45, 7) is 2.77. The van der Waals surface area contributed by atoms with Crippen molar-refractivity contribution in [1.82, 2.24) is 21.3 Å². The Labute approximate surface area is 221 Å². The van der Waals surface area contributed by atoms with Crippen LogP contribution >= 0.6 is 0 Å². The van der Waals surface area contributed by atoms with E-state index in [1.54, 1.807) is 68.4 Å². The molecular weight excluding hydrogens is 490 g/mol. The highest BCUT2D eigenvalue weighted by Crippen LogP contribution is 2.09. The molecule has 0 radical (unpaired) electrons. The van der Waals surface area contributed by atoms with E-state index in [-0.39, 0.29) is 31.8 Å². The third-order valence-electron chi connectivity index (χ3n) is 5.71. The van der Waals surface area contributed by atoms with Crippen LogP contribution in [0.5, 0.6) is 0 Å². The summed E-state index contributed by atoms with van der Waals surface area (Å²) in [5.41, 5.74) is 6.73. The van der Waals surface area contributed by atoms with Crippen molar-refractivity contribution in [2.45, 2.75) is 44.8 Å². The van der Waals surface area contributed by atoms with Crippen LogP contribution in [-0.2, 0) is 36.8 Å². The van der Waals surface area contributed by atoms with Crippen LogP contribution in [-0.4, -0.2) is 65.9 Å². The number of carbonyl (C=O) groups is 5. The molecule has 0 aromatic heterocycles. The number of carboxylic acid groups (broad SMARTS) is 1. The highest BCUT2D eigenvalue weighted by atomic mass is 16.4. The fraction of sp³-hybridized carbons (Fsp3) is 0.370. The van der Waals surface area contributed by atoms with Crippen molar-refractivity contribution in [2.75, 3.05) is 13.1 Å². The Hall–Kier alpha value is -4.25. The van der Waals surface area contributed by atoms with E-state index >= 15 is 0 Å². The van der Waals surface area contributed by atoms with Crippen molar-refractivity contribution in [2.24, 2.45) is 11.7 Å². The second kappa shape index (κ2) is 15.1. The highest BCUT2D eigenvalue weighted by molar-refractivity contribution is 5.94. The third kappa shape index (κ3) is 10.0. The number of hydrogen-bond donors (Lipinski definition) is 6. The molecule has 11 heteroatoms. The van der Waals surface area contributed by atoms with Crippen molar-refractivity contribution >= 4 is 29.6 Å². The number of nitrogens with one attached hydrogen (secondary N) is 4. The third-order valence-corrected chi connectivity index (χ3v) is 5.71. The Morgan fingerprint density at radius 3 is 1.74 bits per heavy atom. The quantitative estimate of drug-likeness (QED) is 0.197. The summed E-state index contributed by atoms with van der Waals surface area (Å²) < 4.78 is 0. The van der Waals surface area contributed by atoms with Crippen LogP contribution in [0, 0.1) is 5.92 Å². The number of nitrogens with two attached hydrogens (primary N) is 1. The van der Waals surface area contributed by atoms with E-state index in [1.165, 1.54) is 0 Å². The number of carboxylic acids is 1. The lowest BCUT2D eigenvalue weighted by molar-refractivity contribution is -0.142. The lowest BCUT2D eigenvalue weighted by atomic mass is 9.99. The van der Waals surface area contributed by atoms with Crippen LogP contribution in [0.25, 0.3) is 0 Å². The molecule has 2 rings (SSSR count). The van der Waals surface area contributed by atoms with E-state index in [0.29, 0.717) is 0 Å². The Bertz CT molecular complexity index is 1090. The largest absolute Gasteiger partial charge is 0.480 e. The molecule has 0 saturated heterocycles. The van der Waals surface area contributed by atoms with E-state index in [2.05, 4.69) is 21.3 Å². The standard InChI is InChI=1S/C27H35N5O6/c1-17(2)24(26(36)31-21(27(37)38)14-19-11-7-4-8-12-19)32-25(35)20(13-18-9-5-3-6-10-18)30-23(34)16-29-22(33)15-28/h3-12,17,20-21,24H,13-16,28H2,1-2H3,(H,29,33)(H,30,34)(H,31,36)(H,32,35)(H,37,38). The van der Waals surface area contributed by atoms with Gasteiger partial charge in [0.25, 0.3) is 0 Å². The Balaban J connectivity index is 2.15. The van der Waals surface area contributed by atoms with Crippen molar-refractivity contribution < 1.29 is 29.1 Å². The summed E-state index contributed by atoms with van der Waals surface area (Å²) >= 11 is 0. The van der Waals surface area contributed by atoms with Crippen LogP contribution < -0.4 is 27.0 Å². The van der Waals surface area contributed by atoms with Gasteiger partial charge in [0.2, 0.25) is 23.6 Å². The minimum atomic E-state index is -1.20. The first-order valence-electron chi connectivity index (χ1n) is 12.3. The first-order chi connectivity index (χ1) is 18.1. The molecule has 38 heavy (non-hydrogen) atoms. The molecule has 0 spiro atoms. The molecular formula is C27H35N5O6. The Kier molecular flexibility index (Phi) is 11.9. The molecule has 3 atom stereocenters. The topological polar surface area (TPSA) is 180 Å². The monoisotopic (exact) mass is 525 g/mol. The lowest BCUT2D eigenvalue weighted by Crippen LogP contribution is -2.58. The van der Waals surface area contributed by atoms with Gasteiger partial charge in [0.1, 0.15) is 18.1 Å². The second-order valence-corrected chi connectivity index (χ2v) is 9.11. The smallest absolute Gasteiger partial charge is 0.326 e. The zero-order valence-electron chi connectivity index (χ0n) is 21.5. The zero-order valence-corrected chi connectivity index (χ0v) is 21.5. The molecule has 7 N–H and O–H groups in total. The summed E-state index contributed by atoms with van der Waals surface area (Å²) in [4.78, 5) is 62.0. The van der Waals surface area contributed by atoms with Crippen LogP contribution in [0.4, 0.5) is 0 Å². The molecule has 0 bridgehead atoms. The van der Waals surface area contributed by atoms with E-state index in [0.717, 1.165) is 11.1 Å². The normalized spacial score (nSPS) is 13.1. The van der Waals surface area contributed by atoms with Gasteiger partial charge >= 0.3 is 5.97 Å². The van der Waals surface area contributed by atoms with Gasteiger partial charge in [0.05, 0.1) is 13.1 Å². The van der Waals surface area contributed by atoms with E-state index in [9.17, 15) is 29.1 Å². The van der Waals surface area contributed by atoms with E-state index in [4.69, 9.17) is 5.73 Å². The number of hydrogen-bond acceptors (Lipinski definition) is 6. The van der Waals surface area contributed by atoms with E-state index < -0.39 is 47.7 Å². The van der Waals surface area contributed by atoms with E-state index in [1.807, 2.05) is 6.07 Å². The molecule has 204 valence electrons. The van der Waals surface area contributed by atoms with Crippen LogP contribution in [0.15, 0.2) is 60.7 Å². The van der Waals surface area contributed by atoms with Crippen molar-refractivity contribution in [3.05, 3.63) is 71.8 Å². The van der Waals surface area contributed by atoms with Crippen molar-refractivity contribution in [3.8, 4) is 0 Å². The van der Waals surface area contributed by atoms with Crippen LogP contribution in [0.1, 0.15) is 25.0 Å². The summed E-state index contributed by atoms with van der Waals surface area (Å²) in [5.74, 6) is -4.01. The number of rotatable bonds is 14. The summed E-state index contributed by atoms with van der Waals surface area (Å²) in [5, 5.41) is 19.8. The molecule has 2 aromatic rings. The maximum atomic E-state index is 13.3. The van der Waals surface area contributed by atoms with Gasteiger partial charge in [0, 0.05) is 12.8 Å². The molecule has 0 fully saturated rings. The second-order valence-electron chi connectivity index (χ2n) is 9.11. The molecule has 4 amide bonds. The zero-order chi connectivity index (χ0) is 28.1. The number of benzene rings is 2. The molecule has 3 unspecified atom stereocenters. The predicted octanol–water partition coefficient (Wildman–Crippen LogP) is -0.258. The maximum Gasteiger partial charge on any atom is 0.326 e. The van der Waals surface area contributed by atoms with Gasteiger partial charge in [-0.2, -0.15) is 0 Å². The minimum absolute atomic E-state index is 0.0713. The van der Waals surface area contributed by atoms with Crippen LogP contribution in [0.2, 0.25) is 0 Å². The van der Waals surface area contributed by atoms with Gasteiger partial charge in [0.15, 0.2) is 0 Å². The van der Waals surface area contributed by atoms with Gasteiger partial charge in [-0.05, 0) is 17.0 Å². The first kappa shape index (κ1) is 30.0. The summed E-state index contributed by atoms with van der Waals surface area (Å²) in [6.07, 6.45) is 0.198. The molecule has 11 nitrogen and oxygen atoms in total. The predicted molar refractivity (Wildman–Crippen MR) is 141 cm³/mol. The van der Waals surface area contributed by atoms with Gasteiger partial charge < -0.3 is 32.1 Å². The van der Waals surface area contributed by atoms with Gasteiger partial charge in [-0.15, -0.1) is 0 Å². The molecule has 2 aromatic carbocycles. The summed E-state index contributed by atoms with van der Waals surface area (Å²) in [6, 6.07) is 14.5. The molecule has 0 saturated carbocycles. The van der Waals surface area contributed by atoms with Gasteiger partial charge in [-0.25, -0.2) is 4.79 Å². The maximum absolute atomic E-state index is 13.3. The minimum Gasteiger partial charge on any atom is -0.480 e. The SMILES string of the molecule is CC(C)C(NC(=O)C(Cc1ccccc1)NC(=O)CNC(=O)CN)C(=O)NC(Cc1ccccc1)C(=O)O. The molecule has 0 aliphatic rings. The Morgan fingerprint density at radius 1 is 0.737 bits per heavy atom. The number of amides is 4. The van der Waals surface area contributed by atoms with Gasteiger partial charge in [-0.3, -0.25) is 19.2 Å².